The molecule has 3 N–H and O–H groups in total. The van der Waals surface area contributed by atoms with E-state index in [-0.39, 0.29) is 11.4 Å². The van der Waals surface area contributed by atoms with Crippen molar-refractivity contribution < 1.29 is 22.9 Å². The molecular formula is C10H10N4O5S. The van der Waals surface area contributed by atoms with Crippen LogP contribution in [0.2, 0.25) is 0 Å². The van der Waals surface area contributed by atoms with Crippen LogP contribution in [-0.2, 0) is 14.9 Å². The van der Waals surface area contributed by atoms with Gasteiger partial charge in [-0.15, -0.1) is 0 Å². The van der Waals surface area contributed by atoms with Gasteiger partial charge in [0.2, 0.25) is 0 Å². The van der Waals surface area contributed by atoms with Crippen LogP contribution in [0, 0.1) is 0 Å². The van der Waals surface area contributed by atoms with Crippen molar-refractivity contribution in [2.45, 2.75) is 17.9 Å². The highest BCUT2D eigenvalue weighted by atomic mass is 32.2. The van der Waals surface area contributed by atoms with Gasteiger partial charge in [-0.05, 0) is 25.1 Å². The maximum atomic E-state index is 11.3. The summed E-state index contributed by atoms with van der Waals surface area (Å²) in [6.45, 7) is 1.57. The summed E-state index contributed by atoms with van der Waals surface area (Å²) in [5.74, 6) is -0.814. The third-order valence-corrected chi connectivity index (χ3v) is 3.36. The van der Waals surface area contributed by atoms with Crippen LogP contribution in [0.1, 0.15) is 6.92 Å². The summed E-state index contributed by atoms with van der Waals surface area (Å²) in [7, 11) is -4.42. The van der Waals surface area contributed by atoms with Crippen molar-refractivity contribution in [3.8, 4) is 5.75 Å². The van der Waals surface area contributed by atoms with Gasteiger partial charge in [-0.25, -0.2) is 5.43 Å². The monoisotopic (exact) mass is 298 g/mol. The Morgan fingerprint density at radius 1 is 1.40 bits per heavy atom. The number of amides is 1. The predicted octanol–water partition coefficient (Wildman–Crippen LogP) is 0.597. The van der Waals surface area contributed by atoms with Gasteiger partial charge in [-0.2, -0.15) is 23.7 Å². The molecule has 1 aliphatic heterocycles. The first kappa shape index (κ1) is 14.1. The lowest BCUT2D eigenvalue weighted by molar-refractivity contribution is -0.120. The van der Waals surface area contributed by atoms with Gasteiger partial charge in [0.25, 0.3) is 16.0 Å². The molecule has 0 saturated heterocycles. The minimum Gasteiger partial charge on any atom is -0.506 e. The van der Waals surface area contributed by atoms with E-state index in [0.717, 1.165) is 18.2 Å². The number of nitrogens with zero attached hydrogens (tertiary/aromatic N) is 3. The molecule has 1 aliphatic rings. The zero-order chi connectivity index (χ0) is 14.9. The lowest BCUT2D eigenvalue weighted by atomic mass is 10.2. The van der Waals surface area contributed by atoms with E-state index in [9.17, 15) is 18.3 Å². The Hall–Kier alpha value is -2.33. The highest BCUT2D eigenvalue weighted by Gasteiger charge is 2.26. The van der Waals surface area contributed by atoms with E-state index in [1.807, 2.05) is 0 Å². The second-order valence-corrected chi connectivity index (χ2v) is 5.39. The van der Waals surface area contributed by atoms with E-state index in [1.54, 1.807) is 6.92 Å². The molecule has 1 unspecified atom stereocenters. The summed E-state index contributed by atoms with van der Waals surface area (Å²) in [5.41, 5.74) is 2.41. The van der Waals surface area contributed by atoms with Crippen molar-refractivity contribution >= 4 is 27.4 Å². The molecule has 20 heavy (non-hydrogen) atoms. The first-order valence-electron chi connectivity index (χ1n) is 5.34. The maximum absolute atomic E-state index is 11.3. The highest BCUT2D eigenvalue weighted by Crippen LogP contribution is 2.29. The van der Waals surface area contributed by atoms with Gasteiger partial charge in [-0.1, -0.05) is 0 Å². The van der Waals surface area contributed by atoms with E-state index in [4.69, 9.17) is 4.55 Å². The second-order valence-electron chi connectivity index (χ2n) is 3.97. The molecule has 2 rings (SSSR count). The number of rotatable bonds is 3. The molecule has 1 heterocycles. The molecule has 0 fully saturated rings. The van der Waals surface area contributed by atoms with Gasteiger partial charge >= 0.3 is 0 Å². The number of benzene rings is 1. The first-order chi connectivity index (χ1) is 9.29. The van der Waals surface area contributed by atoms with E-state index in [0.29, 0.717) is 5.71 Å². The number of hydrogen-bond donors (Lipinski definition) is 3. The van der Waals surface area contributed by atoms with Gasteiger partial charge in [0.05, 0.1) is 10.6 Å². The number of azo groups is 1. The standard InChI is InChI=1S/C10H10N4O5S/c1-5-9(10(16)14-11-5)13-12-7-4-6(20(17,18)19)2-3-8(7)15/h2-4,9,15H,1H3,(H,14,16)(H,17,18,19). The Morgan fingerprint density at radius 3 is 2.65 bits per heavy atom. The average Bonchev–Trinajstić information content (AvgIpc) is 2.67. The van der Waals surface area contributed by atoms with Crippen LogP contribution < -0.4 is 5.43 Å². The van der Waals surface area contributed by atoms with Crippen LogP contribution >= 0.6 is 0 Å². The van der Waals surface area contributed by atoms with Crippen LogP contribution in [0.4, 0.5) is 5.69 Å². The van der Waals surface area contributed by atoms with Gasteiger partial charge < -0.3 is 5.11 Å². The molecule has 9 nitrogen and oxygen atoms in total. The molecule has 0 aliphatic carbocycles. The minimum absolute atomic E-state index is 0.187. The Morgan fingerprint density at radius 2 is 2.10 bits per heavy atom. The van der Waals surface area contributed by atoms with E-state index in [1.165, 1.54) is 0 Å². The van der Waals surface area contributed by atoms with E-state index in [2.05, 4.69) is 20.8 Å². The summed E-state index contributed by atoms with van der Waals surface area (Å²) >= 11 is 0. The average molecular weight is 298 g/mol. The van der Waals surface area contributed by atoms with Crippen molar-refractivity contribution in [1.29, 1.82) is 0 Å². The number of nitrogens with one attached hydrogen (secondary N) is 1. The quantitative estimate of drug-likeness (QED) is 0.553. The molecule has 0 aromatic heterocycles. The number of hydrogen-bond acceptors (Lipinski definition) is 7. The van der Waals surface area contributed by atoms with Crippen molar-refractivity contribution in [2.75, 3.05) is 0 Å². The molecule has 0 saturated carbocycles. The van der Waals surface area contributed by atoms with Crippen molar-refractivity contribution in [1.82, 2.24) is 5.43 Å². The topological polar surface area (TPSA) is 141 Å². The van der Waals surface area contributed by atoms with Gasteiger partial charge in [-0.3, -0.25) is 9.35 Å². The molecule has 1 atom stereocenters. The number of phenolic OH excluding ortho intramolecular Hbond substituents is 1. The number of carbonyl (C=O) groups excluding carboxylic acids is 1. The predicted molar refractivity (Wildman–Crippen MR) is 67.5 cm³/mol. The second kappa shape index (κ2) is 4.98. The van der Waals surface area contributed by atoms with Crippen molar-refractivity contribution in [3.63, 3.8) is 0 Å². The molecule has 1 aromatic rings. The van der Waals surface area contributed by atoms with E-state index >= 15 is 0 Å². The number of aromatic hydroxyl groups is 1. The SMILES string of the molecule is CC1=NNC(=O)C1N=Nc1cc(S(=O)(=O)O)ccc1O. The fourth-order valence-corrected chi connectivity index (χ4v) is 1.96. The molecule has 1 amide bonds. The van der Waals surface area contributed by atoms with Crippen molar-refractivity contribution in [2.24, 2.45) is 15.3 Å². The summed E-state index contributed by atoms with van der Waals surface area (Å²) in [4.78, 5) is 10.9. The lowest BCUT2D eigenvalue weighted by Gasteiger charge is -2.02. The third kappa shape index (κ3) is 2.81. The summed E-state index contributed by atoms with van der Waals surface area (Å²) in [6, 6.07) is 2.07. The number of carbonyl (C=O) groups is 1. The molecular weight excluding hydrogens is 288 g/mol. The lowest BCUT2D eigenvalue weighted by Crippen LogP contribution is -2.25. The summed E-state index contributed by atoms with van der Waals surface area (Å²) in [5, 5.41) is 20.5. The Labute approximate surface area is 113 Å². The zero-order valence-electron chi connectivity index (χ0n) is 10.2. The molecule has 106 valence electrons. The number of hydrazone groups is 1. The summed E-state index contributed by atoms with van der Waals surface area (Å²) < 4.78 is 30.9. The fourth-order valence-electron chi connectivity index (χ4n) is 1.46. The fraction of sp³-hybridized carbons (Fsp3) is 0.200. The smallest absolute Gasteiger partial charge is 0.294 e. The number of phenols is 1. The van der Waals surface area contributed by atoms with Gasteiger partial charge in [0, 0.05) is 0 Å². The molecule has 0 radical (unpaired) electrons. The highest BCUT2D eigenvalue weighted by molar-refractivity contribution is 7.85. The van der Waals surface area contributed by atoms with Crippen LogP contribution in [-0.4, -0.2) is 35.7 Å². The van der Waals surface area contributed by atoms with Crippen LogP contribution in [0.15, 0.2) is 38.4 Å². The Balaban J connectivity index is 2.34. The molecule has 0 bridgehead atoms. The molecule has 0 spiro atoms. The molecule has 1 aromatic carbocycles. The largest absolute Gasteiger partial charge is 0.506 e. The molecule has 10 heteroatoms. The first-order valence-corrected chi connectivity index (χ1v) is 6.78. The normalized spacial score (nSPS) is 19.2. The zero-order valence-corrected chi connectivity index (χ0v) is 11.0. The third-order valence-electron chi connectivity index (χ3n) is 2.51. The van der Waals surface area contributed by atoms with Crippen LogP contribution in [0.25, 0.3) is 0 Å². The van der Waals surface area contributed by atoms with E-state index < -0.39 is 27.0 Å². The summed E-state index contributed by atoms with van der Waals surface area (Å²) in [6.07, 6.45) is 0. The Kier molecular flexibility index (Phi) is 3.51. The maximum Gasteiger partial charge on any atom is 0.294 e. The van der Waals surface area contributed by atoms with Crippen molar-refractivity contribution in [3.05, 3.63) is 18.2 Å². The minimum atomic E-state index is -4.42. The van der Waals surface area contributed by atoms with Gasteiger partial charge in [0.15, 0.2) is 6.04 Å². The van der Waals surface area contributed by atoms with Gasteiger partial charge in [0.1, 0.15) is 11.4 Å². The Bertz CT molecular complexity index is 725. The van der Waals surface area contributed by atoms with Crippen LogP contribution in [0.3, 0.4) is 0 Å². The van der Waals surface area contributed by atoms with Crippen LogP contribution in [0.5, 0.6) is 5.75 Å².